The molecule has 0 bridgehead atoms. The van der Waals surface area contributed by atoms with Crippen LogP contribution in [0.15, 0.2) is 0 Å². The minimum absolute atomic E-state index is 0.371. The van der Waals surface area contributed by atoms with E-state index in [1.165, 1.54) is 51.4 Å². The van der Waals surface area contributed by atoms with Gasteiger partial charge in [-0.1, -0.05) is 6.92 Å². The van der Waals surface area contributed by atoms with Crippen molar-refractivity contribution in [1.29, 1.82) is 0 Å². The van der Waals surface area contributed by atoms with Crippen LogP contribution in [-0.4, -0.2) is 43.3 Å². The molecule has 3 nitrogen and oxygen atoms in total. The molecule has 0 aromatic carbocycles. The third-order valence-corrected chi connectivity index (χ3v) is 13.2. The summed E-state index contributed by atoms with van der Waals surface area (Å²) in [5.41, 5.74) is 0.371. The summed E-state index contributed by atoms with van der Waals surface area (Å²) in [6.07, 6.45) is 12.2. The summed E-state index contributed by atoms with van der Waals surface area (Å²) in [4.78, 5) is 0. The van der Waals surface area contributed by atoms with Gasteiger partial charge >= 0.3 is 0 Å². The van der Waals surface area contributed by atoms with Gasteiger partial charge in [0.25, 0.3) is 0 Å². The zero-order valence-electron chi connectivity index (χ0n) is 25.1. The topological polar surface area (TPSA) is 27.7 Å². The predicted octanol–water partition coefficient (Wildman–Crippen LogP) is 8.55. The maximum atomic E-state index is 7.19. The molecule has 6 heteroatoms. The first-order chi connectivity index (χ1) is 16.0. The quantitative estimate of drug-likeness (QED) is 0.304. The first kappa shape index (κ1) is 28.5. The Morgan fingerprint density at radius 1 is 0.714 bits per heavy atom. The second-order valence-electron chi connectivity index (χ2n) is 16.1. The van der Waals surface area contributed by atoms with Crippen molar-refractivity contribution < 1.29 is 13.3 Å². The molecule has 0 saturated heterocycles. The van der Waals surface area contributed by atoms with Crippen molar-refractivity contribution in [2.24, 2.45) is 40.9 Å². The van der Waals surface area contributed by atoms with Gasteiger partial charge in [-0.25, -0.2) is 0 Å². The van der Waals surface area contributed by atoms with E-state index in [0.29, 0.717) is 29.6 Å². The normalized spacial score (nSPS) is 43.3. The van der Waals surface area contributed by atoms with Crippen molar-refractivity contribution in [2.45, 2.75) is 142 Å². The molecule has 4 aliphatic rings. The summed E-state index contributed by atoms with van der Waals surface area (Å²) in [5.74, 6) is 4.90. The molecule has 4 rings (SSSR count). The molecule has 0 heterocycles. The standard InChI is InChI=1S/C29H58O3Si3/c1-20(30-33(3,4)5)25-16-17-26-24-14-12-21-18-22(31-34(6,7)8)13-15-23(21)28(24)27(19-29(25,26)2)32-35(9,10)11/h20-28H,12-19H2,1-11H3/t20-,21+,22+,23?,24?,25+,26?,27-,28?,29+/m0/s1. The van der Waals surface area contributed by atoms with Crippen molar-refractivity contribution >= 4 is 25.0 Å². The van der Waals surface area contributed by atoms with Gasteiger partial charge in [0, 0.05) is 18.3 Å². The highest BCUT2D eigenvalue weighted by atomic mass is 28.4. The highest BCUT2D eigenvalue weighted by molar-refractivity contribution is 6.70. The highest BCUT2D eigenvalue weighted by Crippen LogP contribution is 2.65. The van der Waals surface area contributed by atoms with E-state index in [1.54, 1.807) is 0 Å². The van der Waals surface area contributed by atoms with E-state index < -0.39 is 25.0 Å². The third-order valence-electron chi connectivity index (χ3n) is 10.1. The molecule has 4 aliphatic carbocycles. The Kier molecular flexibility index (Phi) is 8.10. The van der Waals surface area contributed by atoms with E-state index in [2.05, 4.69) is 72.8 Å². The van der Waals surface area contributed by atoms with Crippen molar-refractivity contribution in [1.82, 2.24) is 0 Å². The molecule has 204 valence electrons. The van der Waals surface area contributed by atoms with Gasteiger partial charge in [-0.3, -0.25) is 0 Å². The Morgan fingerprint density at radius 3 is 1.94 bits per heavy atom. The van der Waals surface area contributed by atoms with E-state index >= 15 is 0 Å². The second kappa shape index (κ2) is 9.93. The molecule has 4 unspecified atom stereocenters. The predicted molar refractivity (Wildman–Crippen MR) is 156 cm³/mol. The summed E-state index contributed by atoms with van der Waals surface area (Å²) < 4.78 is 20.6. The van der Waals surface area contributed by atoms with E-state index in [1.807, 2.05) is 0 Å². The summed E-state index contributed by atoms with van der Waals surface area (Å²) in [6.45, 7) is 26.4. The van der Waals surface area contributed by atoms with Crippen LogP contribution in [0.25, 0.3) is 0 Å². The Balaban J connectivity index is 1.58. The zero-order chi connectivity index (χ0) is 26.0. The van der Waals surface area contributed by atoms with Crippen molar-refractivity contribution in [3.63, 3.8) is 0 Å². The summed E-state index contributed by atoms with van der Waals surface area (Å²) in [5, 5.41) is 0. The smallest absolute Gasteiger partial charge is 0.184 e. The summed E-state index contributed by atoms with van der Waals surface area (Å²) >= 11 is 0. The molecule has 0 radical (unpaired) electrons. The van der Waals surface area contributed by atoms with Gasteiger partial charge in [0.05, 0.1) is 0 Å². The van der Waals surface area contributed by atoms with Crippen LogP contribution < -0.4 is 0 Å². The highest BCUT2D eigenvalue weighted by Gasteiger charge is 2.61. The number of hydrogen-bond acceptors (Lipinski definition) is 3. The molecule has 4 saturated carbocycles. The summed E-state index contributed by atoms with van der Waals surface area (Å²) in [6, 6.07) is 0. The Morgan fingerprint density at radius 2 is 1.34 bits per heavy atom. The minimum atomic E-state index is -1.63. The molecule has 4 fully saturated rings. The maximum absolute atomic E-state index is 7.19. The summed E-state index contributed by atoms with van der Waals surface area (Å²) in [7, 11) is -4.65. The molecule has 0 aromatic heterocycles. The van der Waals surface area contributed by atoms with E-state index in [-0.39, 0.29) is 0 Å². The SMILES string of the molecule is C[C@H](O[Si](C)(C)C)[C@H]1CCC2C3CC[C@@H]4C[C@H](O[Si](C)(C)C)CCC4C3[C@@H](O[Si](C)(C)C)C[C@@]21C. The average molecular weight is 539 g/mol. The molecule has 0 aromatic rings. The Bertz CT molecular complexity index is 739. The molecule has 0 aliphatic heterocycles. The monoisotopic (exact) mass is 538 g/mol. The molecule has 0 amide bonds. The van der Waals surface area contributed by atoms with E-state index in [4.69, 9.17) is 13.3 Å². The largest absolute Gasteiger partial charge is 0.415 e. The van der Waals surface area contributed by atoms with Crippen molar-refractivity contribution in [2.75, 3.05) is 0 Å². The van der Waals surface area contributed by atoms with Crippen LogP contribution in [0, 0.1) is 40.9 Å². The van der Waals surface area contributed by atoms with Gasteiger partial charge in [-0.2, -0.15) is 0 Å². The minimum Gasteiger partial charge on any atom is -0.415 e. The first-order valence-corrected chi connectivity index (χ1v) is 25.2. The molecule has 0 spiro atoms. The van der Waals surface area contributed by atoms with Gasteiger partial charge in [-0.05, 0) is 158 Å². The van der Waals surface area contributed by atoms with Crippen molar-refractivity contribution in [3.05, 3.63) is 0 Å². The lowest BCUT2D eigenvalue weighted by Crippen LogP contribution is -2.58. The first-order valence-electron chi connectivity index (χ1n) is 15.0. The van der Waals surface area contributed by atoms with Gasteiger partial charge < -0.3 is 13.3 Å². The van der Waals surface area contributed by atoms with Crippen LogP contribution in [-0.2, 0) is 13.3 Å². The lowest BCUT2D eigenvalue weighted by Gasteiger charge is -2.60. The fraction of sp³-hybridized carbons (Fsp3) is 1.00. The van der Waals surface area contributed by atoms with E-state index in [0.717, 1.165) is 29.6 Å². The number of fused-ring (bicyclic) bond motifs is 5. The lowest BCUT2D eigenvalue weighted by molar-refractivity contribution is -0.139. The van der Waals surface area contributed by atoms with Crippen LogP contribution in [0.2, 0.25) is 58.9 Å². The van der Waals surface area contributed by atoms with Crippen LogP contribution in [0.1, 0.15) is 65.2 Å². The second-order valence-corrected chi connectivity index (χ2v) is 29.5. The molecule has 10 atom stereocenters. The van der Waals surface area contributed by atoms with Gasteiger partial charge in [0.2, 0.25) is 0 Å². The number of rotatable bonds is 7. The van der Waals surface area contributed by atoms with Gasteiger partial charge in [0.1, 0.15) is 0 Å². The molecular weight excluding hydrogens is 481 g/mol. The third kappa shape index (κ3) is 6.41. The van der Waals surface area contributed by atoms with Crippen molar-refractivity contribution in [3.8, 4) is 0 Å². The van der Waals surface area contributed by atoms with Crippen LogP contribution in [0.3, 0.4) is 0 Å². The van der Waals surface area contributed by atoms with Crippen LogP contribution in [0.5, 0.6) is 0 Å². The molecule has 35 heavy (non-hydrogen) atoms. The fourth-order valence-electron chi connectivity index (χ4n) is 9.48. The maximum Gasteiger partial charge on any atom is 0.184 e. The van der Waals surface area contributed by atoms with Crippen LogP contribution in [0.4, 0.5) is 0 Å². The molecule has 0 N–H and O–H groups in total. The Hall–Kier alpha value is 0.531. The average Bonchev–Trinajstić information content (AvgIpc) is 3.00. The lowest BCUT2D eigenvalue weighted by atomic mass is 9.48. The molecular formula is C29H58O3Si3. The van der Waals surface area contributed by atoms with Gasteiger partial charge in [-0.15, -0.1) is 0 Å². The van der Waals surface area contributed by atoms with Gasteiger partial charge in [0.15, 0.2) is 25.0 Å². The number of hydrogen-bond donors (Lipinski definition) is 0. The Labute approximate surface area is 221 Å². The zero-order valence-corrected chi connectivity index (χ0v) is 28.1. The fourth-order valence-corrected chi connectivity index (χ4v) is 13.1. The van der Waals surface area contributed by atoms with Crippen LogP contribution >= 0.6 is 0 Å². The van der Waals surface area contributed by atoms with E-state index in [9.17, 15) is 0 Å².